The molecule has 0 spiro atoms. The maximum Gasteiger partial charge on any atom is 0.281 e. The first-order chi connectivity index (χ1) is 14.0. The minimum atomic E-state index is -1.93. The predicted octanol–water partition coefficient (Wildman–Crippen LogP) is 3.44. The van der Waals surface area contributed by atoms with Crippen LogP contribution in [0.3, 0.4) is 0 Å². The lowest BCUT2D eigenvalue weighted by atomic mass is 9.85. The second-order valence-corrected chi connectivity index (χ2v) is 6.60. The number of methoxy groups -OCH3 is 1. The number of hydrazone groups is 1. The number of hydrogen-bond acceptors (Lipinski definition) is 5. The van der Waals surface area contributed by atoms with Crippen LogP contribution >= 0.6 is 11.6 Å². The molecule has 1 amide bonds. The molecule has 0 bridgehead atoms. The molecular weight excluding hydrogens is 392 g/mol. The fourth-order valence-electron chi connectivity index (χ4n) is 2.86. The number of carbonyl (C=O) groups excluding carboxylic acids is 1. The summed E-state index contributed by atoms with van der Waals surface area (Å²) in [4.78, 5) is 12.9. The third kappa shape index (κ3) is 4.23. The predicted molar refractivity (Wildman–Crippen MR) is 111 cm³/mol. The van der Waals surface area contributed by atoms with E-state index in [9.17, 15) is 15.0 Å². The van der Waals surface area contributed by atoms with Gasteiger partial charge >= 0.3 is 0 Å². The van der Waals surface area contributed by atoms with Crippen LogP contribution in [0.4, 0.5) is 0 Å². The lowest BCUT2D eigenvalue weighted by molar-refractivity contribution is -0.136. The molecule has 3 aromatic rings. The molecule has 0 saturated carbocycles. The first-order valence-electron chi connectivity index (χ1n) is 8.70. The lowest BCUT2D eigenvalue weighted by Crippen LogP contribution is -2.43. The van der Waals surface area contributed by atoms with Gasteiger partial charge in [0.2, 0.25) is 0 Å². The van der Waals surface area contributed by atoms with E-state index in [0.29, 0.717) is 16.7 Å². The summed E-state index contributed by atoms with van der Waals surface area (Å²) < 4.78 is 5.04. The van der Waals surface area contributed by atoms with Gasteiger partial charge in [-0.3, -0.25) is 4.79 Å². The van der Waals surface area contributed by atoms with Gasteiger partial charge in [-0.2, -0.15) is 5.10 Å². The molecular formula is C22H19ClN2O4. The highest BCUT2D eigenvalue weighted by molar-refractivity contribution is 6.32. The number of rotatable bonds is 6. The number of phenols is 1. The molecule has 0 aliphatic carbocycles. The SMILES string of the molecule is COc1cc(/C=N/NC(=O)C(O)(c2ccccc2)c2ccccc2)cc(Cl)c1O. The van der Waals surface area contributed by atoms with Crippen molar-refractivity contribution in [3.63, 3.8) is 0 Å². The van der Waals surface area contributed by atoms with Gasteiger partial charge in [0, 0.05) is 0 Å². The molecule has 0 unspecified atom stereocenters. The highest BCUT2D eigenvalue weighted by Crippen LogP contribution is 2.34. The molecule has 3 aromatic carbocycles. The van der Waals surface area contributed by atoms with Gasteiger partial charge in [-0.25, -0.2) is 5.43 Å². The summed E-state index contributed by atoms with van der Waals surface area (Å²) >= 11 is 5.95. The number of carbonyl (C=O) groups is 1. The Bertz CT molecular complexity index is 984. The van der Waals surface area contributed by atoms with Crippen molar-refractivity contribution in [3.8, 4) is 11.5 Å². The molecule has 29 heavy (non-hydrogen) atoms. The molecule has 0 aliphatic heterocycles. The molecule has 3 rings (SSSR count). The van der Waals surface area contributed by atoms with E-state index >= 15 is 0 Å². The Hall–Kier alpha value is -3.35. The number of aliphatic hydroxyl groups is 1. The van der Waals surface area contributed by atoms with E-state index in [4.69, 9.17) is 16.3 Å². The third-order valence-corrected chi connectivity index (χ3v) is 4.65. The molecule has 7 heteroatoms. The number of halogens is 1. The molecule has 0 saturated heterocycles. The summed E-state index contributed by atoms with van der Waals surface area (Å²) in [6, 6.07) is 20.2. The zero-order valence-electron chi connectivity index (χ0n) is 15.5. The summed E-state index contributed by atoms with van der Waals surface area (Å²) in [5.74, 6) is -0.726. The molecule has 0 atom stereocenters. The minimum absolute atomic E-state index is 0.0854. The molecule has 6 nitrogen and oxygen atoms in total. The van der Waals surface area contributed by atoms with Crippen LogP contribution in [0.25, 0.3) is 0 Å². The standard InChI is InChI=1S/C22H19ClN2O4/c1-29-19-13-15(12-18(23)20(19)26)14-24-25-21(27)22(28,16-8-4-2-5-9-16)17-10-6-3-7-11-17/h2-14,26,28H,1H3,(H,25,27)/b24-14+. The maximum absolute atomic E-state index is 12.9. The van der Waals surface area contributed by atoms with Crippen LogP contribution in [0.5, 0.6) is 11.5 Å². The second-order valence-electron chi connectivity index (χ2n) is 6.20. The number of amides is 1. The Labute approximate surface area is 173 Å². The third-order valence-electron chi connectivity index (χ3n) is 4.36. The lowest BCUT2D eigenvalue weighted by Gasteiger charge is -2.27. The van der Waals surface area contributed by atoms with Crippen LogP contribution in [0.15, 0.2) is 77.9 Å². The average Bonchev–Trinajstić information content (AvgIpc) is 2.76. The Morgan fingerprint density at radius 3 is 2.14 bits per heavy atom. The summed E-state index contributed by atoms with van der Waals surface area (Å²) in [7, 11) is 1.40. The van der Waals surface area contributed by atoms with E-state index in [0.717, 1.165) is 0 Å². The first kappa shape index (κ1) is 20.4. The number of aromatic hydroxyl groups is 1. The topological polar surface area (TPSA) is 91.2 Å². The smallest absolute Gasteiger partial charge is 0.281 e. The second kappa shape index (κ2) is 8.77. The molecule has 0 fully saturated rings. The van der Waals surface area contributed by atoms with Crippen molar-refractivity contribution < 1.29 is 19.7 Å². The van der Waals surface area contributed by atoms with Crippen LogP contribution < -0.4 is 10.2 Å². The summed E-state index contributed by atoms with van der Waals surface area (Å²) in [6.07, 6.45) is 1.34. The van der Waals surface area contributed by atoms with Gasteiger partial charge in [0.15, 0.2) is 17.1 Å². The van der Waals surface area contributed by atoms with Crippen molar-refractivity contribution in [1.29, 1.82) is 0 Å². The van der Waals surface area contributed by atoms with Crippen molar-refractivity contribution in [1.82, 2.24) is 5.43 Å². The van der Waals surface area contributed by atoms with E-state index in [2.05, 4.69) is 10.5 Å². The van der Waals surface area contributed by atoms with Gasteiger partial charge in [0.1, 0.15) is 0 Å². The Morgan fingerprint density at radius 2 is 1.62 bits per heavy atom. The molecule has 0 aliphatic rings. The zero-order valence-corrected chi connectivity index (χ0v) is 16.3. The van der Waals surface area contributed by atoms with Gasteiger partial charge in [-0.05, 0) is 28.8 Å². The fourth-order valence-corrected chi connectivity index (χ4v) is 3.08. The number of nitrogens with zero attached hydrogens (tertiary/aromatic N) is 1. The van der Waals surface area contributed by atoms with Crippen LogP contribution in [0, 0.1) is 0 Å². The molecule has 0 heterocycles. The molecule has 0 aromatic heterocycles. The summed E-state index contributed by atoms with van der Waals surface area (Å²) in [5.41, 5.74) is 1.76. The summed E-state index contributed by atoms with van der Waals surface area (Å²) in [5, 5.41) is 25.1. The maximum atomic E-state index is 12.9. The van der Waals surface area contributed by atoms with Gasteiger partial charge in [0.05, 0.1) is 18.3 Å². The fraction of sp³-hybridized carbons (Fsp3) is 0.0909. The first-order valence-corrected chi connectivity index (χ1v) is 9.08. The number of phenolic OH excluding ortho intramolecular Hbond substituents is 1. The largest absolute Gasteiger partial charge is 0.503 e. The van der Waals surface area contributed by atoms with E-state index < -0.39 is 11.5 Å². The van der Waals surface area contributed by atoms with Crippen molar-refractivity contribution >= 4 is 23.7 Å². The van der Waals surface area contributed by atoms with Crippen molar-refractivity contribution in [2.75, 3.05) is 7.11 Å². The van der Waals surface area contributed by atoms with Gasteiger partial charge in [-0.15, -0.1) is 0 Å². The van der Waals surface area contributed by atoms with Gasteiger partial charge < -0.3 is 14.9 Å². The monoisotopic (exact) mass is 410 g/mol. The molecule has 148 valence electrons. The van der Waals surface area contributed by atoms with Crippen molar-refractivity contribution in [2.45, 2.75) is 5.60 Å². The zero-order chi connectivity index (χ0) is 20.9. The minimum Gasteiger partial charge on any atom is -0.503 e. The summed E-state index contributed by atoms with van der Waals surface area (Å²) in [6.45, 7) is 0. The van der Waals surface area contributed by atoms with Gasteiger partial charge in [-0.1, -0.05) is 72.3 Å². The Kier molecular flexibility index (Phi) is 6.16. The number of hydrogen-bond donors (Lipinski definition) is 3. The van der Waals surface area contributed by atoms with Crippen LogP contribution in [0.1, 0.15) is 16.7 Å². The van der Waals surface area contributed by atoms with Crippen LogP contribution in [0.2, 0.25) is 5.02 Å². The van der Waals surface area contributed by atoms with Gasteiger partial charge in [0.25, 0.3) is 5.91 Å². The quantitative estimate of drug-likeness (QED) is 0.429. The van der Waals surface area contributed by atoms with E-state index in [1.165, 1.54) is 25.5 Å². The number of ether oxygens (including phenoxy) is 1. The van der Waals surface area contributed by atoms with Crippen LogP contribution in [-0.2, 0) is 10.4 Å². The molecule has 3 N–H and O–H groups in total. The van der Waals surface area contributed by atoms with E-state index in [-0.39, 0.29) is 16.5 Å². The molecule has 0 radical (unpaired) electrons. The average molecular weight is 411 g/mol. The number of nitrogens with one attached hydrogen (secondary N) is 1. The highest BCUT2D eigenvalue weighted by atomic mass is 35.5. The Balaban J connectivity index is 1.89. The van der Waals surface area contributed by atoms with E-state index in [1.54, 1.807) is 60.7 Å². The van der Waals surface area contributed by atoms with E-state index in [1.807, 2.05) is 0 Å². The highest BCUT2D eigenvalue weighted by Gasteiger charge is 2.39. The van der Waals surface area contributed by atoms with Crippen LogP contribution in [-0.4, -0.2) is 29.4 Å². The van der Waals surface area contributed by atoms with Crippen molar-refractivity contribution in [2.24, 2.45) is 5.10 Å². The van der Waals surface area contributed by atoms with Crippen molar-refractivity contribution in [3.05, 3.63) is 94.5 Å². The normalized spacial score (nSPS) is 11.4. The number of benzene rings is 3. The Morgan fingerprint density at radius 1 is 1.07 bits per heavy atom.